The van der Waals surface area contributed by atoms with E-state index in [1.54, 1.807) is 23.5 Å². The average molecular weight is 322 g/mol. The van der Waals surface area contributed by atoms with Gasteiger partial charge in [0.2, 0.25) is 0 Å². The summed E-state index contributed by atoms with van der Waals surface area (Å²) >= 11 is 1.71. The van der Waals surface area contributed by atoms with E-state index in [-0.39, 0.29) is 17.9 Å². The molecule has 2 aromatic rings. The predicted octanol–water partition coefficient (Wildman–Crippen LogP) is 3.93. The maximum Gasteiger partial charge on any atom is 0.123 e. The largest absolute Gasteiger partial charge is 0.387 e. The fourth-order valence-corrected chi connectivity index (χ4v) is 3.55. The van der Waals surface area contributed by atoms with Crippen molar-refractivity contribution in [2.24, 2.45) is 0 Å². The number of aromatic nitrogens is 1. The second-order valence-electron chi connectivity index (χ2n) is 5.58. The number of nitrogens with one attached hydrogen (secondary N) is 1. The van der Waals surface area contributed by atoms with Gasteiger partial charge in [-0.05, 0) is 44.9 Å². The van der Waals surface area contributed by atoms with E-state index in [4.69, 9.17) is 0 Å². The molecule has 0 spiro atoms. The Kier molecular flexibility index (Phi) is 5.67. The molecule has 0 bridgehead atoms. The molecule has 120 valence electrons. The summed E-state index contributed by atoms with van der Waals surface area (Å²) in [5, 5.41) is 14.9. The molecule has 3 nitrogen and oxygen atoms in total. The highest BCUT2D eigenvalue weighted by molar-refractivity contribution is 7.11. The molecule has 1 heterocycles. The van der Waals surface area contributed by atoms with E-state index in [0.717, 1.165) is 17.1 Å². The summed E-state index contributed by atoms with van der Waals surface area (Å²) in [4.78, 5) is 5.75. The van der Waals surface area contributed by atoms with Gasteiger partial charge in [-0.1, -0.05) is 19.1 Å². The van der Waals surface area contributed by atoms with Gasteiger partial charge in [-0.15, -0.1) is 11.3 Å². The van der Waals surface area contributed by atoms with Gasteiger partial charge in [0, 0.05) is 17.0 Å². The molecule has 2 rings (SSSR count). The van der Waals surface area contributed by atoms with Crippen molar-refractivity contribution < 1.29 is 9.50 Å². The number of nitrogens with zero attached hydrogens (tertiary/aromatic N) is 1. The molecule has 0 amide bonds. The van der Waals surface area contributed by atoms with Crippen molar-refractivity contribution in [3.05, 3.63) is 51.2 Å². The molecule has 0 aliphatic heterocycles. The third-order valence-corrected chi connectivity index (χ3v) is 5.25. The van der Waals surface area contributed by atoms with E-state index in [2.05, 4.69) is 24.1 Å². The third kappa shape index (κ3) is 3.91. The Morgan fingerprint density at radius 3 is 2.45 bits per heavy atom. The first-order valence-electron chi connectivity index (χ1n) is 7.58. The van der Waals surface area contributed by atoms with Crippen molar-refractivity contribution in [1.82, 2.24) is 10.3 Å². The van der Waals surface area contributed by atoms with Crippen LogP contribution in [0.4, 0.5) is 4.39 Å². The van der Waals surface area contributed by atoms with Crippen LogP contribution in [0.5, 0.6) is 0 Å². The molecule has 22 heavy (non-hydrogen) atoms. The second kappa shape index (κ2) is 7.31. The molecule has 0 saturated carbocycles. The Labute approximate surface area is 135 Å². The number of benzene rings is 1. The molecule has 3 unspecified atom stereocenters. The molecule has 0 aliphatic rings. The first-order chi connectivity index (χ1) is 10.4. The van der Waals surface area contributed by atoms with Crippen LogP contribution in [0.25, 0.3) is 0 Å². The van der Waals surface area contributed by atoms with Gasteiger partial charge < -0.3 is 10.4 Å². The van der Waals surface area contributed by atoms with Crippen molar-refractivity contribution in [2.45, 2.75) is 52.3 Å². The fraction of sp³-hybridized carbons (Fsp3) is 0.471. The predicted molar refractivity (Wildman–Crippen MR) is 88.6 cm³/mol. The average Bonchev–Trinajstić information content (AvgIpc) is 2.88. The SMILES string of the molecule is CCc1nc(C)c(C(C)NC(C)C(O)c2ccc(F)cc2)s1. The number of thiazole rings is 1. The number of aryl methyl sites for hydroxylation is 2. The lowest BCUT2D eigenvalue weighted by Gasteiger charge is -2.24. The molecular formula is C17H23FN2OS. The zero-order valence-electron chi connectivity index (χ0n) is 13.4. The first-order valence-corrected chi connectivity index (χ1v) is 8.39. The van der Waals surface area contributed by atoms with E-state index in [1.807, 2.05) is 13.8 Å². The summed E-state index contributed by atoms with van der Waals surface area (Å²) in [6.45, 7) is 8.13. The van der Waals surface area contributed by atoms with Crippen LogP contribution in [-0.2, 0) is 6.42 Å². The number of rotatable bonds is 6. The number of hydrogen-bond acceptors (Lipinski definition) is 4. The van der Waals surface area contributed by atoms with E-state index >= 15 is 0 Å². The molecule has 0 aliphatic carbocycles. The molecular weight excluding hydrogens is 299 g/mol. The van der Waals surface area contributed by atoms with Crippen molar-refractivity contribution in [3.63, 3.8) is 0 Å². The highest BCUT2D eigenvalue weighted by Gasteiger charge is 2.21. The van der Waals surface area contributed by atoms with Gasteiger partial charge in [0.05, 0.1) is 16.8 Å². The van der Waals surface area contributed by atoms with Crippen LogP contribution in [0.1, 0.15) is 54.1 Å². The smallest absolute Gasteiger partial charge is 0.123 e. The summed E-state index contributed by atoms with van der Waals surface area (Å²) in [6, 6.07) is 5.95. The van der Waals surface area contributed by atoms with E-state index in [0.29, 0.717) is 5.56 Å². The molecule has 0 saturated heterocycles. The van der Waals surface area contributed by atoms with Gasteiger partial charge in [0.15, 0.2) is 0 Å². The van der Waals surface area contributed by atoms with Crippen molar-refractivity contribution in [1.29, 1.82) is 0 Å². The molecule has 0 fully saturated rings. The van der Waals surface area contributed by atoms with Crippen LogP contribution in [0.15, 0.2) is 24.3 Å². The van der Waals surface area contributed by atoms with Gasteiger partial charge in [0.1, 0.15) is 5.82 Å². The lowest BCUT2D eigenvalue weighted by molar-refractivity contribution is 0.130. The van der Waals surface area contributed by atoms with Gasteiger partial charge in [-0.3, -0.25) is 0 Å². The van der Waals surface area contributed by atoms with Crippen LogP contribution >= 0.6 is 11.3 Å². The van der Waals surface area contributed by atoms with Gasteiger partial charge in [-0.25, -0.2) is 9.37 Å². The Morgan fingerprint density at radius 1 is 1.27 bits per heavy atom. The van der Waals surface area contributed by atoms with E-state index < -0.39 is 6.10 Å². The van der Waals surface area contributed by atoms with Crippen molar-refractivity contribution >= 4 is 11.3 Å². The summed E-state index contributed by atoms with van der Waals surface area (Å²) < 4.78 is 13.0. The quantitative estimate of drug-likeness (QED) is 0.847. The van der Waals surface area contributed by atoms with Crippen molar-refractivity contribution in [2.75, 3.05) is 0 Å². The standard InChI is InChI=1S/C17H23FN2OS/c1-5-15-20-12(4)17(22-15)11(3)19-10(2)16(21)13-6-8-14(18)9-7-13/h6-11,16,19,21H,5H2,1-4H3. The molecule has 3 atom stereocenters. The minimum absolute atomic E-state index is 0.114. The number of hydrogen-bond donors (Lipinski definition) is 2. The Morgan fingerprint density at radius 2 is 1.91 bits per heavy atom. The van der Waals surface area contributed by atoms with Gasteiger partial charge in [-0.2, -0.15) is 0 Å². The van der Waals surface area contributed by atoms with Crippen LogP contribution in [0.3, 0.4) is 0 Å². The van der Waals surface area contributed by atoms with E-state index in [1.165, 1.54) is 17.0 Å². The number of aliphatic hydroxyl groups excluding tert-OH is 1. The highest BCUT2D eigenvalue weighted by Crippen LogP contribution is 2.27. The summed E-state index contributed by atoms with van der Waals surface area (Å²) in [5.74, 6) is -0.294. The zero-order chi connectivity index (χ0) is 16.3. The molecule has 2 N–H and O–H groups in total. The number of halogens is 1. The fourth-order valence-electron chi connectivity index (χ4n) is 2.53. The number of aliphatic hydroxyl groups is 1. The van der Waals surface area contributed by atoms with Crippen molar-refractivity contribution in [3.8, 4) is 0 Å². The monoisotopic (exact) mass is 322 g/mol. The Hall–Kier alpha value is -1.30. The first kappa shape index (κ1) is 17.1. The van der Waals surface area contributed by atoms with Crippen LogP contribution in [0.2, 0.25) is 0 Å². The minimum atomic E-state index is -0.679. The zero-order valence-corrected chi connectivity index (χ0v) is 14.2. The summed E-state index contributed by atoms with van der Waals surface area (Å²) in [7, 11) is 0. The van der Waals surface area contributed by atoms with Crippen LogP contribution < -0.4 is 5.32 Å². The third-order valence-electron chi connectivity index (χ3n) is 3.77. The topological polar surface area (TPSA) is 45.2 Å². The molecule has 5 heteroatoms. The highest BCUT2D eigenvalue weighted by atomic mass is 32.1. The Balaban J connectivity index is 2.05. The van der Waals surface area contributed by atoms with Crippen LogP contribution in [0, 0.1) is 12.7 Å². The lowest BCUT2D eigenvalue weighted by atomic mass is 10.0. The van der Waals surface area contributed by atoms with E-state index in [9.17, 15) is 9.50 Å². The summed E-state index contributed by atoms with van der Waals surface area (Å²) in [5.41, 5.74) is 1.76. The summed E-state index contributed by atoms with van der Waals surface area (Å²) in [6.07, 6.45) is 0.258. The normalized spacial score (nSPS) is 15.5. The molecule has 1 aromatic carbocycles. The Bertz CT molecular complexity index is 612. The van der Waals surface area contributed by atoms with Gasteiger partial charge >= 0.3 is 0 Å². The maximum atomic E-state index is 13.0. The molecule has 0 radical (unpaired) electrons. The second-order valence-corrected chi connectivity index (χ2v) is 6.70. The minimum Gasteiger partial charge on any atom is -0.387 e. The molecule has 1 aromatic heterocycles. The van der Waals surface area contributed by atoms with Gasteiger partial charge in [0.25, 0.3) is 0 Å². The lowest BCUT2D eigenvalue weighted by Crippen LogP contribution is -2.34. The van der Waals surface area contributed by atoms with Crippen LogP contribution in [-0.4, -0.2) is 16.1 Å². The maximum absolute atomic E-state index is 13.0.